The molecule has 1 saturated heterocycles. The number of likely N-dealkylation sites (tertiary alicyclic amines) is 1. The number of amides is 1. The number of para-hydroxylation sites is 1. The largest absolute Gasteiger partial charge is 0.490 e. The SMILES string of the molecule is Cc1ccccc1OC1CCN(C(=NCC(=O)NCCC2CC2)c2ccccn2)CC1. The fourth-order valence-electron chi connectivity index (χ4n) is 3.92. The minimum atomic E-state index is -0.0214. The highest BCUT2D eigenvalue weighted by atomic mass is 16.5. The first-order chi connectivity index (χ1) is 15.2. The number of hydrogen-bond acceptors (Lipinski definition) is 4. The van der Waals surface area contributed by atoms with Crippen molar-refractivity contribution in [1.82, 2.24) is 15.2 Å². The van der Waals surface area contributed by atoms with E-state index in [1.165, 1.54) is 12.8 Å². The lowest BCUT2D eigenvalue weighted by molar-refractivity contribution is -0.119. The fourth-order valence-corrected chi connectivity index (χ4v) is 3.92. The predicted molar refractivity (Wildman–Crippen MR) is 122 cm³/mol. The molecular formula is C25H32N4O2. The zero-order valence-electron chi connectivity index (χ0n) is 18.3. The normalized spacial score (nSPS) is 17.5. The van der Waals surface area contributed by atoms with Crippen LogP contribution in [-0.4, -0.2) is 53.9 Å². The van der Waals surface area contributed by atoms with Gasteiger partial charge in [0.05, 0.1) is 0 Å². The van der Waals surface area contributed by atoms with Crippen LogP contribution < -0.4 is 10.1 Å². The van der Waals surface area contributed by atoms with Crippen molar-refractivity contribution in [2.75, 3.05) is 26.2 Å². The summed E-state index contributed by atoms with van der Waals surface area (Å²) in [5.41, 5.74) is 1.97. The van der Waals surface area contributed by atoms with Crippen molar-refractivity contribution in [3.8, 4) is 5.75 Å². The molecule has 2 heterocycles. The van der Waals surface area contributed by atoms with Crippen LogP contribution in [0.3, 0.4) is 0 Å². The Morgan fingerprint density at radius 1 is 1.13 bits per heavy atom. The van der Waals surface area contributed by atoms with Crippen LogP contribution >= 0.6 is 0 Å². The van der Waals surface area contributed by atoms with Crippen LogP contribution in [0, 0.1) is 12.8 Å². The predicted octanol–water partition coefficient (Wildman–Crippen LogP) is 3.60. The van der Waals surface area contributed by atoms with Crippen molar-refractivity contribution in [2.45, 2.75) is 45.1 Å². The molecular weight excluding hydrogens is 388 g/mol. The number of carbonyl (C=O) groups excluding carboxylic acids is 1. The van der Waals surface area contributed by atoms with Gasteiger partial charge in [-0.05, 0) is 43.0 Å². The molecule has 0 radical (unpaired) electrons. The zero-order valence-corrected chi connectivity index (χ0v) is 18.3. The number of aromatic nitrogens is 1. The van der Waals surface area contributed by atoms with Gasteiger partial charge in [-0.1, -0.05) is 37.1 Å². The summed E-state index contributed by atoms with van der Waals surface area (Å²) in [6.07, 6.45) is 7.48. The average molecular weight is 421 g/mol. The third kappa shape index (κ3) is 6.29. The minimum Gasteiger partial charge on any atom is -0.490 e. The minimum absolute atomic E-state index is 0.0214. The van der Waals surface area contributed by atoms with E-state index >= 15 is 0 Å². The van der Waals surface area contributed by atoms with Crippen molar-refractivity contribution in [1.29, 1.82) is 0 Å². The zero-order chi connectivity index (χ0) is 21.5. The molecule has 2 aliphatic rings. The number of piperidine rings is 1. The first-order valence-electron chi connectivity index (χ1n) is 11.4. The Morgan fingerprint density at radius 2 is 1.90 bits per heavy atom. The van der Waals surface area contributed by atoms with Gasteiger partial charge in [-0.3, -0.25) is 14.8 Å². The molecule has 1 saturated carbocycles. The second-order valence-corrected chi connectivity index (χ2v) is 8.51. The molecule has 0 atom stereocenters. The molecule has 31 heavy (non-hydrogen) atoms. The van der Waals surface area contributed by atoms with Gasteiger partial charge in [-0.25, -0.2) is 0 Å². The summed E-state index contributed by atoms with van der Waals surface area (Å²) in [4.78, 5) is 23.7. The Hall–Kier alpha value is -2.89. The number of ether oxygens (including phenoxy) is 1. The molecule has 1 aliphatic heterocycles. The van der Waals surface area contributed by atoms with E-state index in [1.807, 2.05) is 36.4 Å². The average Bonchev–Trinajstić information content (AvgIpc) is 3.62. The van der Waals surface area contributed by atoms with E-state index in [4.69, 9.17) is 4.74 Å². The van der Waals surface area contributed by atoms with Gasteiger partial charge in [0.15, 0.2) is 0 Å². The highest BCUT2D eigenvalue weighted by Crippen LogP contribution is 2.31. The molecule has 6 heteroatoms. The summed E-state index contributed by atoms with van der Waals surface area (Å²) in [7, 11) is 0. The van der Waals surface area contributed by atoms with Crippen LogP contribution in [-0.2, 0) is 4.79 Å². The van der Waals surface area contributed by atoms with Crippen LogP contribution in [0.1, 0.15) is 43.4 Å². The van der Waals surface area contributed by atoms with Crippen molar-refractivity contribution >= 4 is 11.7 Å². The van der Waals surface area contributed by atoms with E-state index in [-0.39, 0.29) is 18.6 Å². The lowest BCUT2D eigenvalue weighted by Crippen LogP contribution is -2.43. The first-order valence-corrected chi connectivity index (χ1v) is 11.4. The molecule has 4 rings (SSSR count). The molecule has 0 spiro atoms. The van der Waals surface area contributed by atoms with Crippen LogP contribution in [0.5, 0.6) is 5.75 Å². The summed E-state index contributed by atoms with van der Waals surface area (Å²) in [6, 6.07) is 14.0. The molecule has 1 N–H and O–H groups in total. The molecule has 0 bridgehead atoms. The van der Waals surface area contributed by atoms with Gasteiger partial charge in [-0.15, -0.1) is 0 Å². The second-order valence-electron chi connectivity index (χ2n) is 8.51. The summed E-state index contributed by atoms with van der Waals surface area (Å²) < 4.78 is 6.24. The van der Waals surface area contributed by atoms with E-state index in [0.29, 0.717) is 0 Å². The molecule has 1 aliphatic carbocycles. The molecule has 1 aromatic heterocycles. The molecule has 1 aromatic carbocycles. The lowest BCUT2D eigenvalue weighted by atomic mass is 10.1. The number of aliphatic imine (C=N–C) groups is 1. The van der Waals surface area contributed by atoms with Crippen LogP contribution in [0.2, 0.25) is 0 Å². The summed E-state index contributed by atoms with van der Waals surface area (Å²) in [5, 5.41) is 3.00. The number of amidine groups is 1. The quantitative estimate of drug-likeness (QED) is 0.523. The number of rotatable bonds is 8. The third-order valence-corrected chi connectivity index (χ3v) is 5.97. The maximum atomic E-state index is 12.3. The monoisotopic (exact) mass is 420 g/mol. The Balaban J connectivity index is 1.35. The number of nitrogens with one attached hydrogen (secondary N) is 1. The van der Waals surface area contributed by atoms with E-state index in [9.17, 15) is 4.79 Å². The molecule has 0 unspecified atom stereocenters. The van der Waals surface area contributed by atoms with Gasteiger partial charge in [0.2, 0.25) is 5.91 Å². The smallest absolute Gasteiger partial charge is 0.241 e. The second kappa shape index (κ2) is 10.4. The maximum absolute atomic E-state index is 12.3. The van der Waals surface area contributed by atoms with Gasteiger partial charge < -0.3 is 15.0 Å². The lowest BCUT2D eigenvalue weighted by Gasteiger charge is -2.34. The van der Waals surface area contributed by atoms with Crippen LogP contribution in [0.4, 0.5) is 0 Å². The summed E-state index contributed by atoms with van der Waals surface area (Å²) in [6.45, 7) is 4.62. The van der Waals surface area contributed by atoms with Crippen molar-refractivity contribution in [2.24, 2.45) is 10.9 Å². The van der Waals surface area contributed by atoms with Gasteiger partial charge in [0, 0.05) is 38.7 Å². The van der Waals surface area contributed by atoms with Crippen molar-refractivity contribution in [3.05, 3.63) is 59.9 Å². The standard InChI is InChI=1S/C25H32N4O2/c1-19-6-2-3-8-23(19)31-21-12-16-29(17-13-21)25(22-7-4-5-14-26-22)28-18-24(30)27-15-11-20-9-10-20/h2-8,14,20-21H,9-13,15-18H2,1H3,(H,27,30). The summed E-state index contributed by atoms with van der Waals surface area (Å²) >= 11 is 0. The van der Waals surface area contributed by atoms with Gasteiger partial charge in [0.1, 0.15) is 29.9 Å². The number of nitrogens with zero attached hydrogens (tertiary/aromatic N) is 3. The Morgan fingerprint density at radius 3 is 2.61 bits per heavy atom. The molecule has 2 fully saturated rings. The highest BCUT2D eigenvalue weighted by molar-refractivity contribution is 5.98. The number of pyridine rings is 1. The number of benzene rings is 1. The third-order valence-electron chi connectivity index (χ3n) is 5.97. The number of hydrogen-bond donors (Lipinski definition) is 1. The molecule has 6 nitrogen and oxygen atoms in total. The molecule has 164 valence electrons. The van der Waals surface area contributed by atoms with E-state index in [1.54, 1.807) is 6.20 Å². The van der Waals surface area contributed by atoms with Gasteiger partial charge in [-0.2, -0.15) is 0 Å². The maximum Gasteiger partial charge on any atom is 0.241 e. The highest BCUT2D eigenvalue weighted by Gasteiger charge is 2.25. The van der Waals surface area contributed by atoms with E-state index in [0.717, 1.165) is 67.7 Å². The van der Waals surface area contributed by atoms with Crippen molar-refractivity contribution in [3.63, 3.8) is 0 Å². The van der Waals surface area contributed by atoms with Crippen LogP contribution in [0.15, 0.2) is 53.7 Å². The topological polar surface area (TPSA) is 66.8 Å². The van der Waals surface area contributed by atoms with Crippen LogP contribution in [0.25, 0.3) is 0 Å². The fraction of sp³-hybridized carbons (Fsp3) is 0.480. The van der Waals surface area contributed by atoms with Gasteiger partial charge >= 0.3 is 0 Å². The molecule has 1 amide bonds. The van der Waals surface area contributed by atoms with Gasteiger partial charge in [0.25, 0.3) is 0 Å². The molecule has 2 aromatic rings. The van der Waals surface area contributed by atoms with E-state index < -0.39 is 0 Å². The van der Waals surface area contributed by atoms with E-state index in [2.05, 4.69) is 33.2 Å². The number of carbonyl (C=O) groups is 1. The number of aryl methyl sites for hydroxylation is 1. The first kappa shape index (κ1) is 21.3. The Bertz CT molecular complexity index is 887. The Kier molecular flexibility index (Phi) is 7.18. The summed E-state index contributed by atoms with van der Waals surface area (Å²) in [5.74, 6) is 2.55. The van der Waals surface area contributed by atoms with Crippen molar-refractivity contribution < 1.29 is 9.53 Å². The Labute approximate surface area is 184 Å².